The van der Waals surface area contributed by atoms with E-state index >= 15 is 0 Å². The summed E-state index contributed by atoms with van der Waals surface area (Å²) < 4.78 is 11.6. The van der Waals surface area contributed by atoms with Gasteiger partial charge in [0.1, 0.15) is 5.52 Å². The smallest absolute Gasteiger partial charge is 0.409 e. The number of halogens is 1. The topological polar surface area (TPSA) is 91.1 Å². The normalized spacial score (nSPS) is 27.8. The molecule has 0 saturated carbocycles. The van der Waals surface area contributed by atoms with Gasteiger partial charge in [-0.25, -0.2) is 4.79 Å². The molecule has 10 heteroatoms. The van der Waals surface area contributed by atoms with Gasteiger partial charge in [0.05, 0.1) is 12.2 Å². The van der Waals surface area contributed by atoms with Crippen LogP contribution in [-0.2, 0) is 4.74 Å². The van der Waals surface area contributed by atoms with E-state index in [-0.39, 0.29) is 42.5 Å². The summed E-state index contributed by atoms with van der Waals surface area (Å²) >= 11 is 0. The summed E-state index contributed by atoms with van der Waals surface area (Å²) in [5.41, 5.74) is 1.73. The zero-order valence-corrected chi connectivity index (χ0v) is 24.0. The molecule has 9 nitrogen and oxygen atoms in total. The number of para-hydroxylation sites is 1. The van der Waals surface area contributed by atoms with Crippen LogP contribution < -0.4 is 10.2 Å². The third-order valence-electron chi connectivity index (χ3n) is 8.27. The van der Waals surface area contributed by atoms with E-state index in [1.807, 2.05) is 32.0 Å². The number of fused-ring (bicyclic) bond motifs is 3. The molecule has 3 saturated heterocycles. The second-order valence-corrected chi connectivity index (χ2v) is 11.7. The summed E-state index contributed by atoms with van der Waals surface area (Å²) in [6.45, 7) is 9.61. The van der Waals surface area contributed by atoms with Crippen molar-refractivity contribution in [2.75, 3.05) is 31.6 Å². The summed E-state index contributed by atoms with van der Waals surface area (Å²) in [5, 5.41) is 3.30. The van der Waals surface area contributed by atoms with E-state index in [4.69, 9.17) is 14.1 Å². The monoisotopic (exact) mass is 547 g/mol. The molecule has 0 radical (unpaired) electrons. The maximum Gasteiger partial charge on any atom is 0.409 e. The van der Waals surface area contributed by atoms with Crippen LogP contribution in [0.3, 0.4) is 0 Å². The molecule has 3 aliphatic heterocycles. The maximum atomic E-state index is 13.4. The van der Waals surface area contributed by atoms with Gasteiger partial charge >= 0.3 is 6.09 Å². The number of amides is 2. The number of rotatable bonds is 5. The van der Waals surface area contributed by atoms with Gasteiger partial charge in [-0.3, -0.25) is 4.79 Å². The second kappa shape index (κ2) is 11.7. The lowest BCUT2D eigenvalue weighted by Gasteiger charge is -2.47. The first-order valence-corrected chi connectivity index (χ1v) is 13.8. The predicted molar refractivity (Wildman–Crippen MR) is 150 cm³/mol. The quantitative estimate of drug-likeness (QED) is 0.581. The van der Waals surface area contributed by atoms with Crippen LogP contribution in [0.15, 0.2) is 22.6 Å². The minimum atomic E-state index is -0.276. The first-order chi connectivity index (χ1) is 17.7. The van der Waals surface area contributed by atoms with Crippen molar-refractivity contribution >= 4 is 41.5 Å². The van der Waals surface area contributed by atoms with Crippen molar-refractivity contribution in [1.29, 1.82) is 0 Å². The van der Waals surface area contributed by atoms with Gasteiger partial charge in [-0.05, 0) is 64.6 Å². The highest BCUT2D eigenvalue weighted by Gasteiger charge is 2.38. The third kappa shape index (κ3) is 5.73. The van der Waals surface area contributed by atoms with Crippen molar-refractivity contribution < 1.29 is 18.7 Å². The molecule has 5 rings (SSSR count). The number of benzene rings is 1. The second-order valence-electron chi connectivity index (χ2n) is 11.7. The molecule has 1 aromatic carbocycles. The number of hydrogen-bond donors (Lipinski definition) is 1. The maximum absolute atomic E-state index is 13.4. The fourth-order valence-electron chi connectivity index (χ4n) is 6.41. The molecule has 2 unspecified atom stereocenters. The Labute approximate surface area is 231 Å². The largest absolute Gasteiger partial charge is 0.449 e. The minimum absolute atomic E-state index is 0. The zero-order valence-electron chi connectivity index (χ0n) is 23.2. The lowest BCUT2D eigenvalue weighted by atomic mass is 9.82. The number of piperidine rings is 2. The van der Waals surface area contributed by atoms with E-state index < -0.39 is 0 Å². The number of oxazole rings is 1. The Morgan fingerprint density at radius 1 is 1.13 bits per heavy atom. The van der Waals surface area contributed by atoms with Crippen LogP contribution in [0.25, 0.3) is 11.1 Å². The Bertz CT molecular complexity index is 1110. The fourth-order valence-corrected chi connectivity index (χ4v) is 6.41. The van der Waals surface area contributed by atoms with E-state index in [2.05, 4.69) is 36.0 Å². The molecule has 1 N–H and O–H groups in total. The molecule has 4 heterocycles. The third-order valence-corrected chi connectivity index (χ3v) is 8.27. The number of anilines is 1. The van der Waals surface area contributed by atoms with Crippen LogP contribution in [0.1, 0.15) is 70.2 Å². The van der Waals surface area contributed by atoms with Gasteiger partial charge in [0.25, 0.3) is 11.9 Å². The number of piperazine rings is 1. The standard InChI is InChI=1S/C28H41N5O4.ClH/c1-17(2)16-36-28(35)32-14-18(3)33(19(4)15-32)27-30-25-23(10-7-11-24(25)37-27)26(34)29-20-12-21-8-6-9-22(13-20)31(21)5;/h7,10-11,17-22H,6,8-9,12-16H2,1-5H3,(H,29,34);1H/t18-,19-,20?,21?,22?;/m0./s1. The highest BCUT2D eigenvalue weighted by molar-refractivity contribution is 6.04. The molecule has 0 spiro atoms. The highest BCUT2D eigenvalue weighted by Crippen LogP contribution is 2.33. The summed E-state index contributed by atoms with van der Waals surface area (Å²) in [7, 11) is 2.22. The van der Waals surface area contributed by atoms with Crippen molar-refractivity contribution in [3.8, 4) is 0 Å². The van der Waals surface area contributed by atoms with Gasteiger partial charge < -0.3 is 29.2 Å². The lowest BCUT2D eigenvalue weighted by Crippen LogP contribution is -2.58. The number of nitrogens with zero attached hydrogens (tertiary/aromatic N) is 4. The van der Waals surface area contributed by atoms with Crippen LogP contribution >= 0.6 is 12.4 Å². The molecule has 0 aliphatic carbocycles. The lowest BCUT2D eigenvalue weighted by molar-refractivity contribution is 0.0463. The van der Waals surface area contributed by atoms with Crippen molar-refractivity contribution in [2.24, 2.45) is 5.92 Å². The Hall–Kier alpha value is -2.52. The van der Waals surface area contributed by atoms with Gasteiger partial charge in [0, 0.05) is 43.3 Å². The Kier molecular flexibility index (Phi) is 8.77. The summed E-state index contributed by atoms with van der Waals surface area (Å²) in [6.07, 6.45) is 5.42. The SMILES string of the molecule is CC(C)COC(=O)N1C[C@H](C)N(c2nc3c(C(=O)NC4CC5CCCC(C4)N5C)cccc3o2)[C@@H](C)C1.Cl. The van der Waals surface area contributed by atoms with Crippen molar-refractivity contribution in [3.63, 3.8) is 0 Å². The molecule has 1 aromatic heterocycles. The Balaban J connectivity index is 0.00000336. The van der Waals surface area contributed by atoms with E-state index in [1.54, 1.807) is 4.90 Å². The van der Waals surface area contributed by atoms with Gasteiger partial charge in [-0.15, -0.1) is 12.4 Å². The van der Waals surface area contributed by atoms with E-state index in [0.717, 1.165) is 12.8 Å². The summed E-state index contributed by atoms with van der Waals surface area (Å²) in [4.78, 5) is 37.1. The summed E-state index contributed by atoms with van der Waals surface area (Å²) in [5.74, 6) is 0.210. The Morgan fingerprint density at radius 3 is 2.42 bits per heavy atom. The zero-order chi connectivity index (χ0) is 26.3. The van der Waals surface area contributed by atoms with Crippen molar-refractivity contribution in [2.45, 2.75) is 90.0 Å². The van der Waals surface area contributed by atoms with Crippen LogP contribution in [0.5, 0.6) is 0 Å². The van der Waals surface area contributed by atoms with Gasteiger partial charge in [0.15, 0.2) is 5.58 Å². The van der Waals surface area contributed by atoms with E-state index in [0.29, 0.717) is 60.4 Å². The van der Waals surface area contributed by atoms with E-state index in [9.17, 15) is 9.59 Å². The van der Waals surface area contributed by atoms with Gasteiger partial charge in [0.2, 0.25) is 0 Å². The Morgan fingerprint density at radius 2 is 1.79 bits per heavy atom. The van der Waals surface area contributed by atoms with Crippen LogP contribution in [-0.4, -0.2) is 83.7 Å². The molecule has 210 valence electrons. The fraction of sp³-hybridized carbons (Fsp3) is 0.679. The molecule has 3 aliphatic rings. The van der Waals surface area contributed by atoms with Crippen LogP contribution in [0.2, 0.25) is 0 Å². The molecule has 2 bridgehead atoms. The molecule has 4 atom stereocenters. The molecule has 3 fully saturated rings. The first-order valence-electron chi connectivity index (χ1n) is 13.8. The molecule has 2 aromatic rings. The molecular weight excluding hydrogens is 506 g/mol. The molecule has 38 heavy (non-hydrogen) atoms. The number of ether oxygens (including phenoxy) is 1. The van der Waals surface area contributed by atoms with Gasteiger partial charge in [-0.1, -0.05) is 26.3 Å². The van der Waals surface area contributed by atoms with E-state index in [1.165, 1.54) is 19.3 Å². The number of carbonyl (C=O) groups excluding carboxylic acids is 2. The number of carbonyl (C=O) groups is 2. The van der Waals surface area contributed by atoms with Crippen molar-refractivity contribution in [3.05, 3.63) is 23.8 Å². The number of hydrogen-bond acceptors (Lipinski definition) is 7. The van der Waals surface area contributed by atoms with Crippen molar-refractivity contribution in [1.82, 2.24) is 20.1 Å². The van der Waals surface area contributed by atoms with Crippen LogP contribution in [0, 0.1) is 5.92 Å². The summed E-state index contributed by atoms with van der Waals surface area (Å²) in [6, 6.07) is 7.29. The first kappa shape index (κ1) is 28.5. The molecular formula is C28H42ClN5O4. The predicted octanol–water partition coefficient (Wildman–Crippen LogP) is 4.69. The average Bonchev–Trinajstić information content (AvgIpc) is 3.26. The number of aromatic nitrogens is 1. The average molecular weight is 548 g/mol. The number of nitrogens with one attached hydrogen (secondary N) is 1. The van der Waals surface area contributed by atoms with Crippen LogP contribution in [0.4, 0.5) is 10.8 Å². The minimum Gasteiger partial charge on any atom is -0.449 e. The molecule has 2 amide bonds. The van der Waals surface area contributed by atoms with Gasteiger partial charge in [-0.2, -0.15) is 4.98 Å². The highest BCUT2D eigenvalue weighted by atomic mass is 35.5.